The fraction of sp³-hybridized carbons (Fsp3) is 0.529. The third-order valence-corrected chi connectivity index (χ3v) is 8.05. The van der Waals surface area contributed by atoms with Crippen molar-refractivity contribution in [1.82, 2.24) is 20.9 Å². The Morgan fingerprint density at radius 1 is 0.800 bits per heavy atom. The molecule has 248 valence electrons. The van der Waals surface area contributed by atoms with Gasteiger partial charge in [0.25, 0.3) is 0 Å². The normalized spacial score (nSPS) is 13.8. The molecule has 4 atom stereocenters. The van der Waals surface area contributed by atoms with E-state index in [0.717, 1.165) is 16.9 Å². The molecule has 0 aliphatic heterocycles. The fourth-order valence-electron chi connectivity index (χ4n) is 4.97. The van der Waals surface area contributed by atoms with E-state index >= 15 is 0 Å². The number of hydrogen-bond donors (Lipinski definition) is 5. The summed E-state index contributed by atoms with van der Waals surface area (Å²) in [5.41, 5.74) is 13.7. The molecular formula is C34H52N6O4S. The van der Waals surface area contributed by atoms with Gasteiger partial charge in [0, 0.05) is 25.3 Å². The maximum Gasteiger partial charge on any atom is 0.245 e. The number of benzene rings is 2. The van der Waals surface area contributed by atoms with Crippen LogP contribution in [0, 0.1) is 5.92 Å². The molecule has 4 amide bonds. The van der Waals surface area contributed by atoms with Gasteiger partial charge >= 0.3 is 0 Å². The third kappa shape index (κ3) is 13.6. The first-order valence-electron chi connectivity index (χ1n) is 15.8. The van der Waals surface area contributed by atoms with Gasteiger partial charge in [-0.1, -0.05) is 74.5 Å². The number of thioether (sulfide) groups is 1. The molecule has 2 aromatic carbocycles. The minimum Gasteiger partial charge on any atom is -0.343 e. The summed E-state index contributed by atoms with van der Waals surface area (Å²) in [4.78, 5) is 55.8. The van der Waals surface area contributed by atoms with Gasteiger partial charge in [0.2, 0.25) is 23.6 Å². The highest BCUT2D eigenvalue weighted by molar-refractivity contribution is 7.98. The molecule has 2 rings (SSSR count). The predicted octanol–water partition coefficient (Wildman–Crippen LogP) is 2.25. The molecule has 0 saturated carbocycles. The lowest BCUT2D eigenvalue weighted by molar-refractivity contribution is -0.137. The topological polar surface area (TPSA) is 160 Å². The van der Waals surface area contributed by atoms with Crippen LogP contribution in [0.15, 0.2) is 60.7 Å². The first-order chi connectivity index (χ1) is 21.6. The SMILES string of the molecule is CCN(CCSC)C(=O)[C@@H](CCCN)NC(=O)[C@@H](CC(C)C)NC(=O)[C@@H](Cc1ccccc1)NC(=O)[C@H](N)Cc1ccccc1. The van der Waals surface area contributed by atoms with Gasteiger partial charge < -0.3 is 32.3 Å². The van der Waals surface area contributed by atoms with E-state index in [9.17, 15) is 19.2 Å². The van der Waals surface area contributed by atoms with Crippen LogP contribution in [0.5, 0.6) is 0 Å². The van der Waals surface area contributed by atoms with Gasteiger partial charge in [-0.05, 0) is 62.5 Å². The van der Waals surface area contributed by atoms with Gasteiger partial charge in [-0.25, -0.2) is 0 Å². The Morgan fingerprint density at radius 2 is 1.33 bits per heavy atom. The zero-order valence-corrected chi connectivity index (χ0v) is 28.0. The van der Waals surface area contributed by atoms with Crippen molar-refractivity contribution in [3.05, 3.63) is 71.8 Å². The number of carbonyl (C=O) groups is 4. The largest absolute Gasteiger partial charge is 0.343 e. The number of nitrogens with two attached hydrogens (primary N) is 2. The second-order valence-electron chi connectivity index (χ2n) is 11.6. The molecule has 0 unspecified atom stereocenters. The highest BCUT2D eigenvalue weighted by atomic mass is 32.2. The predicted molar refractivity (Wildman–Crippen MR) is 182 cm³/mol. The van der Waals surface area contributed by atoms with Crippen LogP contribution in [0.25, 0.3) is 0 Å². The number of nitrogens with one attached hydrogen (secondary N) is 3. The molecule has 11 heteroatoms. The Morgan fingerprint density at radius 3 is 1.87 bits per heavy atom. The van der Waals surface area contributed by atoms with Crippen LogP contribution in [-0.2, 0) is 32.0 Å². The molecule has 45 heavy (non-hydrogen) atoms. The summed E-state index contributed by atoms with van der Waals surface area (Å²) < 4.78 is 0. The fourth-order valence-corrected chi connectivity index (χ4v) is 5.37. The van der Waals surface area contributed by atoms with E-state index in [4.69, 9.17) is 11.5 Å². The maximum absolute atomic E-state index is 13.8. The minimum absolute atomic E-state index is 0.0643. The maximum atomic E-state index is 13.8. The molecule has 0 aliphatic rings. The van der Waals surface area contributed by atoms with Gasteiger partial charge in [0.15, 0.2) is 0 Å². The number of likely N-dealkylation sites (N-methyl/N-ethyl adjacent to an activating group) is 1. The molecule has 0 fully saturated rings. The Labute approximate surface area is 272 Å². The van der Waals surface area contributed by atoms with E-state index in [-0.39, 0.29) is 18.2 Å². The van der Waals surface area contributed by atoms with Crippen LogP contribution in [0.3, 0.4) is 0 Å². The second kappa shape index (κ2) is 20.6. The minimum atomic E-state index is -0.971. The average Bonchev–Trinajstić information content (AvgIpc) is 3.03. The Kier molecular flexibility index (Phi) is 17.3. The number of hydrogen-bond acceptors (Lipinski definition) is 7. The molecule has 0 aliphatic carbocycles. The van der Waals surface area contributed by atoms with Crippen molar-refractivity contribution in [2.45, 2.75) is 77.0 Å². The second-order valence-corrected chi connectivity index (χ2v) is 12.6. The highest BCUT2D eigenvalue weighted by Gasteiger charge is 2.32. The summed E-state index contributed by atoms with van der Waals surface area (Å²) in [6.45, 7) is 7.30. The van der Waals surface area contributed by atoms with Crippen molar-refractivity contribution in [3.8, 4) is 0 Å². The summed E-state index contributed by atoms with van der Waals surface area (Å²) in [5.74, 6) is -0.720. The number of amides is 4. The third-order valence-electron chi connectivity index (χ3n) is 7.46. The average molecular weight is 641 g/mol. The van der Waals surface area contributed by atoms with E-state index in [1.54, 1.807) is 16.7 Å². The summed E-state index contributed by atoms with van der Waals surface area (Å²) in [7, 11) is 0. The van der Waals surface area contributed by atoms with Crippen LogP contribution < -0.4 is 27.4 Å². The summed E-state index contributed by atoms with van der Waals surface area (Å²) in [6, 6.07) is 15.3. The molecule has 0 bridgehead atoms. The number of nitrogens with zero attached hydrogens (tertiary/aromatic N) is 1. The molecule has 0 spiro atoms. The molecule has 0 saturated heterocycles. The lowest BCUT2D eigenvalue weighted by atomic mass is 9.99. The van der Waals surface area contributed by atoms with Crippen molar-refractivity contribution < 1.29 is 19.2 Å². The van der Waals surface area contributed by atoms with E-state index in [1.165, 1.54) is 0 Å². The van der Waals surface area contributed by atoms with Crippen molar-refractivity contribution in [2.24, 2.45) is 17.4 Å². The quantitative estimate of drug-likeness (QED) is 0.148. The van der Waals surface area contributed by atoms with Crippen LogP contribution >= 0.6 is 11.8 Å². The van der Waals surface area contributed by atoms with Gasteiger partial charge in [0.05, 0.1) is 6.04 Å². The Bertz CT molecular complexity index is 1180. The highest BCUT2D eigenvalue weighted by Crippen LogP contribution is 2.11. The molecule has 10 nitrogen and oxygen atoms in total. The van der Waals surface area contributed by atoms with Crippen molar-refractivity contribution in [2.75, 3.05) is 31.6 Å². The smallest absolute Gasteiger partial charge is 0.245 e. The van der Waals surface area contributed by atoms with Crippen molar-refractivity contribution >= 4 is 35.4 Å². The molecule has 0 aromatic heterocycles. The van der Waals surface area contributed by atoms with Crippen LogP contribution in [-0.4, -0.2) is 84.3 Å². The number of carbonyl (C=O) groups excluding carboxylic acids is 4. The lowest BCUT2D eigenvalue weighted by Crippen LogP contribution is -2.58. The Hall–Kier alpha value is -3.41. The van der Waals surface area contributed by atoms with Crippen LogP contribution in [0.2, 0.25) is 0 Å². The molecule has 0 heterocycles. The van der Waals surface area contributed by atoms with E-state index in [0.29, 0.717) is 45.3 Å². The van der Waals surface area contributed by atoms with E-state index in [1.807, 2.05) is 87.7 Å². The van der Waals surface area contributed by atoms with E-state index in [2.05, 4.69) is 16.0 Å². The monoisotopic (exact) mass is 640 g/mol. The zero-order chi connectivity index (χ0) is 33.2. The van der Waals surface area contributed by atoms with Crippen molar-refractivity contribution in [1.29, 1.82) is 0 Å². The molecular weight excluding hydrogens is 588 g/mol. The molecule has 7 N–H and O–H groups in total. The summed E-state index contributed by atoms with van der Waals surface area (Å²) >= 11 is 1.65. The first-order valence-corrected chi connectivity index (χ1v) is 17.2. The number of rotatable bonds is 20. The van der Waals surface area contributed by atoms with Gasteiger partial charge in [-0.3, -0.25) is 19.2 Å². The van der Waals surface area contributed by atoms with Gasteiger partial charge in [0.1, 0.15) is 18.1 Å². The molecule has 2 aromatic rings. The van der Waals surface area contributed by atoms with Crippen LogP contribution in [0.4, 0.5) is 0 Å². The van der Waals surface area contributed by atoms with Crippen LogP contribution in [0.1, 0.15) is 51.2 Å². The summed E-state index contributed by atoms with van der Waals surface area (Å²) in [6.07, 6.45) is 3.81. The molecule has 0 radical (unpaired) electrons. The Balaban J connectivity index is 2.25. The zero-order valence-electron chi connectivity index (χ0n) is 27.2. The standard InChI is InChI=1S/C34H52N6O4S/c1-5-40(19-20-45-4)34(44)28(17-12-18-35)37-32(42)29(21-24(2)3)39-33(43)30(23-26-15-10-7-11-16-26)38-31(41)27(36)22-25-13-8-6-9-14-25/h6-11,13-16,24,27-30H,5,12,17-23,35-36H2,1-4H3,(H,37,42)(H,38,41)(H,39,43)/t27-,28-,29-,30-/m1/s1. The van der Waals surface area contributed by atoms with Gasteiger partial charge in [-0.15, -0.1) is 0 Å². The lowest BCUT2D eigenvalue weighted by Gasteiger charge is -2.29. The van der Waals surface area contributed by atoms with Gasteiger partial charge in [-0.2, -0.15) is 11.8 Å². The van der Waals surface area contributed by atoms with E-state index < -0.39 is 41.9 Å². The van der Waals surface area contributed by atoms with Crippen molar-refractivity contribution in [3.63, 3.8) is 0 Å². The summed E-state index contributed by atoms with van der Waals surface area (Å²) in [5, 5.41) is 8.62. The first kappa shape index (κ1) is 37.8.